The van der Waals surface area contributed by atoms with Crippen molar-refractivity contribution in [3.8, 4) is 0 Å². The molecule has 0 spiro atoms. The largest absolute Gasteiger partial charge is 0.326 e. The monoisotopic (exact) mass is 310 g/mol. The van der Waals surface area contributed by atoms with Gasteiger partial charge in [-0.05, 0) is 36.2 Å². The Morgan fingerprint density at radius 2 is 1.90 bits per heavy atom. The number of benzene rings is 2. The second kappa shape index (κ2) is 5.83. The second-order valence-electron chi connectivity index (χ2n) is 4.38. The fraction of sp³-hybridized carbons (Fsp3) is 0.143. The summed E-state index contributed by atoms with van der Waals surface area (Å²) in [6, 6.07) is 11.6. The Balaban J connectivity index is 2.38. The summed E-state index contributed by atoms with van der Waals surface area (Å²) in [6.45, 7) is 2.01. The molecule has 2 aromatic carbocycles. The van der Waals surface area contributed by atoms with Gasteiger partial charge in [-0.1, -0.05) is 35.9 Å². The van der Waals surface area contributed by atoms with Gasteiger partial charge in [-0.15, -0.1) is 0 Å². The molecule has 6 heteroatoms. The molecular weight excluding hydrogens is 296 g/mol. The van der Waals surface area contributed by atoms with Crippen LogP contribution in [0.1, 0.15) is 11.1 Å². The number of hydrogen-bond acceptors (Lipinski definition) is 3. The fourth-order valence-electron chi connectivity index (χ4n) is 1.80. The molecule has 20 heavy (non-hydrogen) atoms. The fourth-order valence-corrected chi connectivity index (χ4v) is 3.28. The molecule has 2 rings (SSSR count). The Morgan fingerprint density at radius 1 is 1.20 bits per heavy atom. The standard InChI is InChI=1S/C14H15ClN2O2S/c1-10-6-7-12(8-13(10)15)17-20(18,19)14-5-3-2-4-11(14)9-16/h2-8,17H,9,16H2,1H3. The summed E-state index contributed by atoms with van der Waals surface area (Å²) in [7, 11) is -3.67. The lowest BCUT2D eigenvalue weighted by Crippen LogP contribution is -2.16. The van der Waals surface area contributed by atoms with Gasteiger partial charge in [0.15, 0.2) is 0 Å². The zero-order valence-corrected chi connectivity index (χ0v) is 12.5. The molecule has 0 saturated carbocycles. The lowest BCUT2D eigenvalue weighted by atomic mass is 10.2. The Morgan fingerprint density at radius 3 is 2.55 bits per heavy atom. The number of aryl methyl sites for hydroxylation is 1. The van der Waals surface area contributed by atoms with Crippen LogP contribution in [0, 0.1) is 6.92 Å². The molecule has 0 aliphatic carbocycles. The highest BCUT2D eigenvalue weighted by Gasteiger charge is 2.17. The molecule has 0 heterocycles. The first-order valence-electron chi connectivity index (χ1n) is 6.01. The molecular formula is C14H15ClN2O2S. The first-order chi connectivity index (χ1) is 9.44. The van der Waals surface area contributed by atoms with E-state index in [-0.39, 0.29) is 11.4 Å². The van der Waals surface area contributed by atoms with E-state index in [1.54, 1.807) is 36.4 Å². The van der Waals surface area contributed by atoms with Gasteiger partial charge in [0.05, 0.1) is 10.6 Å². The maximum atomic E-state index is 12.4. The van der Waals surface area contributed by atoms with Crippen LogP contribution in [0.2, 0.25) is 5.02 Å². The molecule has 4 nitrogen and oxygen atoms in total. The van der Waals surface area contributed by atoms with Crippen molar-refractivity contribution >= 4 is 27.3 Å². The van der Waals surface area contributed by atoms with Gasteiger partial charge in [0.2, 0.25) is 0 Å². The lowest BCUT2D eigenvalue weighted by molar-refractivity contribution is 0.600. The van der Waals surface area contributed by atoms with Crippen molar-refractivity contribution in [3.63, 3.8) is 0 Å². The summed E-state index contributed by atoms with van der Waals surface area (Å²) in [5, 5.41) is 0.511. The van der Waals surface area contributed by atoms with Crippen molar-refractivity contribution in [2.75, 3.05) is 4.72 Å². The van der Waals surface area contributed by atoms with E-state index in [4.69, 9.17) is 17.3 Å². The number of hydrogen-bond donors (Lipinski definition) is 2. The highest BCUT2D eigenvalue weighted by Crippen LogP contribution is 2.23. The van der Waals surface area contributed by atoms with Crippen molar-refractivity contribution in [2.24, 2.45) is 5.73 Å². The number of nitrogens with one attached hydrogen (secondary N) is 1. The first kappa shape index (κ1) is 14.8. The van der Waals surface area contributed by atoms with E-state index in [0.717, 1.165) is 5.56 Å². The Hall–Kier alpha value is -1.56. The predicted molar refractivity (Wildman–Crippen MR) is 81.3 cm³/mol. The van der Waals surface area contributed by atoms with E-state index < -0.39 is 10.0 Å². The number of rotatable bonds is 4. The molecule has 3 N–H and O–H groups in total. The van der Waals surface area contributed by atoms with Crippen LogP contribution < -0.4 is 10.5 Å². The summed E-state index contributed by atoms with van der Waals surface area (Å²) in [5.74, 6) is 0. The molecule has 106 valence electrons. The molecule has 0 fully saturated rings. The number of anilines is 1. The maximum absolute atomic E-state index is 12.4. The van der Waals surface area contributed by atoms with Crippen LogP contribution in [-0.4, -0.2) is 8.42 Å². The first-order valence-corrected chi connectivity index (χ1v) is 7.87. The summed E-state index contributed by atoms with van der Waals surface area (Å²) in [4.78, 5) is 0.180. The van der Waals surface area contributed by atoms with Gasteiger partial charge in [-0.25, -0.2) is 8.42 Å². The van der Waals surface area contributed by atoms with Crippen molar-refractivity contribution in [1.29, 1.82) is 0 Å². The van der Waals surface area contributed by atoms with E-state index >= 15 is 0 Å². The van der Waals surface area contributed by atoms with Crippen LogP contribution in [0.4, 0.5) is 5.69 Å². The molecule has 0 radical (unpaired) electrons. The van der Waals surface area contributed by atoms with E-state index in [0.29, 0.717) is 16.3 Å². The van der Waals surface area contributed by atoms with E-state index in [1.165, 1.54) is 6.07 Å². The predicted octanol–water partition coefficient (Wildman–Crippen LogP) is 2.91. The molecule has 0 aromatic heterocycles. The highest BCUT2D eigenvalue weighted by molar-refractivity contribution is 7.92. The summed E-state index contributed by atoms with van der Waals surface area (Å²) < 4.78 is 27.2. The van der Waals surface area contributed by atoms with Crippen LogP contribution in [0.3, 0.4) is 0 Å². The molecule has 0 unspecified atom stereocenters. The Kier molecular flexibility index (Phi) is 4.32. The quantitative estimate of drug-likeness (QED) is 0.912. The lowest BCUT2D eigenvalue weighted by Gasteiger charge is -2.12. The second-order valence-corrected chi connectivity index (χ2v) is 6.44. The minimum atomic E-state index is -3.67. The maximum Gasteiger partial charge on any atom is 0.262 e. The van der Waals surface area contributed by atoms with E-state index in [1.807, 2.05) is 6.92 Å². The number of sulfonamides is 1. The SMILES string of the molecule is Cc1ccc(NS(=O)(=O)c2ccccc2CN)cc1Cl. The molecule has 0 atom stereocenters. The average Bonchev–Trinajstić information content (AvgIpc) is 2.42. The topological polar surface area (TPSA) is 72.2 Å². The molecule has 0 aliphatic rings. The number of nitrogens with two attached hydrogens (primary N) is 1. The van der Waals surface area contributed by atoms with Gasteiger partial charge in [0.1, 0.15) is 0 Å². The highest BCUT2D eigenvalue weighted by atomic mass is 35.5. The third-order valence-corrected chi connectivity index (χ3v) is 4.80. The Labute approximate surface area is 123 Å². The van der Waals surface area contributed by atoms with Gasteiger partial charge >= 0.3 is 0 Å². The van der Waals surface area contributed by atoms with Gasteiger partial charge in [0.25, 0.3) is 10.0 Å². The summed E-state index contributed by atoms with van der Waals surface area (Å²) in [6.07, 6.45) is 0. The van der Waals surface area contributed by atoms with E-state index in [2.05, 4.69) is 4.72 Å². The summed E-state index contributed by atoms with van der Waals surface area (Å²) >= 11 is 5.99. The van der Waals surface area contributed by atoms with Gasteiger partial charge in [-0.2, -0.15) is 0 Å². The van der Waals surface area contributed by atoms with Gasteiger partial charge in [0, 0.05) is 11.6 Å². The molecule has 0 amide bonds. The zero-order valence-electron chi connectivity index (χ0n) is 10.9. The Bertz CT molecular complexity index is 730. The molecule has 0 bridgehead atoms. The van der Waals surface area contributed by atoms with Crippen molar-refractivity contribution in [3.05, 3.63) is 58.6 Å². The van der Waals surface area contributed by atoms with Gasteiger partial charge in [-0.3, -0.25) is 4.72 Å². The van der Waals surface area contributed by atoms with Crippen molar-refractivity contribution in [2.45, 2.75) is 18.4 Å². The van der Waals surface area contributed by atoms with Crippen LogP contribution in [0.5, 0.6) is 0 Å². The zero-order chi connectivity index (χ0) is 14.8. The van der Waals surface area contributed by atoms with Crippen LogP contribution >= 0.6 is 11.6 Å². The molecule has 0 aliphatic heterocycles. The molecule has 0 saturated heterocycles. The van der Waals surface area contributed by atoms with Crippen LogP contribution in [0.25, 0.3) is 0 Å². The smallest absolute Gasteiger partial charge is 0.262 e. The van der Waals surface area contributed by atoms with Crippen molar-refractivity contribution < 1.29 is 8.42 Å². The van der Waals surface area contributed by atoms with Gasteiger partial charge < -0.3 is 5.73 Å². The minimum absolute atomic E-state index is 0.158. The minimum Gasteiger partial charge on any atom is -0.326 e. The third kappa shape index (κ3) is 3.12. The van der Waals surface area contributed by atoms with Crippen LogP contribution in [-0.2, 0) is 16.6 Å². The van der Waals surface area contributed by atoms with Crippen LogP contribution in [0.15, 0.2) is 47.4 Å². The third-order valence-electron chi connectivity index (χ3n) is 2.91. The average molecular weight is 311 g/mol. The number of halogens is 1. The molecule has 2 aromatic rings. The summed E-state index contributed by atoms with van der Waals surface area (Å²) in [5.41, 5.74) is 7.45. The normalized spacial score (nSPS) is 11.3. The van der Waals surface area contributed by atoms with Crippen molar-refractivity contribution in [1.82, 2.24) is 0 Å². The van der Waals surface area contributed by atoms with E-state index in [9.17, 15) is 8.42 Å².